The van der Waals surface area contributed by atoms with Gasteiger partial charge in [-0.3, -0.25) is 9.52 Å². The van der Waals surface area contributed by atoms with Crippen molar-refractivity contribution in [2.45, 2.75) is 37.0 Å². The number of anilines is 1. The van der Waals surface area contributed by atoms with Crippen molar-refractivity contribution in [3.63, 3.8) is 0 Å². The van der Waals surface area contributed by atoms with Crippen LogP contribution in [0.3, 0.4) is 0 Å². The van der Waals surface area contributed by atoms with Gasteiger partial charge in [-0.2, -0.15) is 0 Å². The number of hydrogen-bond acceptors (Lipinski definition) is 4. The van der Waals surface area contributed by atoms with E-state index in [2.05, 4.69) is 16.1 Å². The maximum Gasteiger partial charge on any atom is 0.261 e. The van der Waals surface area contributed by atoms with Gasteiger partial charge in [-0.25, -0.2) is 8.42 Å². The minimum absolute atomic E-state index is 0.119. The molecular weight excluding hydrogens is 388 g/mol. The van der Waals surface area contributed by atoms with Gasteiger partial charge in [-0.15, -0.1) is 0 Å². The lowest BCUT2D eigenvalue weighted by atomic mass is 9.97. The fourth-order valence-corrected chi connectivity index (χ4v) is 4.31. The van der Waals surface area contributed by atoms with Crippen molar-refractivity contribution in [3.05, 3.63) is 65.7 Å². The van der Waals surface area contributed by atoms with E-state index in [1.165, 1.54) is 43.7 Å². The van der Waals surface area contributed by atoms with Crippen LogP contribution in [0, 0.1) is 0 Å². The molecule has 0 atom stereocenters. The Labute approximate surface area is 172 Å². The van der Waals surface area contributed by atoms with E-state index in [0.717, 1.165) is 19.3 Å². The number of carbonyl (C=O) groups is 1. The number of methoxy groups -OCH3 is 1. The third-order valence-corrected chi connectivity index (χ3v) is 6.26. The Balaban J connectivity index is 1.62. The summed E-state index contributed by atoms with van der Waals surface area (Å²) in [5.41, 5.74) is 2.15. The van der Waals surface area contributed by atoms with E-state index in [-0.39, 0.29) is 10.8 Å². The summed E-state index contributed by atoms with van der Waals surface area (Å²) in [6, 6.07) is 12.6. The first-order valence-electron chi connectivity index (χ1n) is 9.71. The van der Waals surface area contributed by atoms with Crippen LogP contribution in [-0.2, 0) is 10.0 Å². The molecule has 0 bridgehead atoms. The van der Waals surface area contributed by atoms with Crippen molar-refractivity contribution >= 4 is 21.6 Å². The Bertz CT molecular complexity index is 982. The van der Waals surface area contributed by atoms with E-state index in [4.69, 9.17) is 4.74 Å². The molecule has 0 saturated carbocycles. The van der Waals surface area contributed by atoms with Crippen LogP contribution in [0.2, 0.25) is 0 Å². The molecule has 2 N–H and O–H groups in total. The predicted molar refractivity (Wildman–Crippen MR) is 114 cm³/mol. The Kier molecular flexibility index (Phi) is 6.93. The van der Waals surface area contributed by atoms with Crippen LogP contribution in [-0.4, -0.2) is 28.0 Å². The zero-order valence-corrected chi connectivity index (χ0v) is 17.3. The summed E-state index contributed by atoms with van der Waals surface area (Å²) in [6.07, 6.45) is 7.82. The van der Waals surface area contributed by atoms with Crippen LogP contribution >= 0.6 is 0 Å². The van der Waals surface area contributed by atoms with Gasteiger partial charge in [0.15, 0.2) is 0 Å². The molecule has 0 spiro atoms. The summed E-state index contributed by atoms with van der Waals surface area (Å²) < 4.78 is 32.7. The monoisotopic (exact) mass is 414 g/mol. The van der Waals surface area contributed by atoms with E-state index < -0.39 is 10.0 Å². The molecule has 6 nitrogen and oxygen atoms in total. The van der Waals surface area contributed by atoms with Gasteiger partial charge in [0.05, 0.1) is 12.0 Å². The molecule has 0 saturated heterocycles. The summed E-state index contributed by atoms with van der Waals surface area (Å²) in [6.45, 7) is 0.576. The Morgan fingerprint density at radius 1 is 1.10 bits per heavy atom. The number of carbonyl (C=O) groups excluding carboxylic acids is 1. The minimum atomic E-state index is -3.76. The lowest BCUT2D eigenvalue weighted by Gasteiger charge is -2.13. The topological polar surface area (TPSA) is 84.5 Å². The van der Waals surface area contributed by atoms with Gasteiger partial charge in [-0.05, 0) is 74.6 Å². The molecule has 0 aliphatic heterocycles. The molecule has 0 radical (unpaired) electrons. The Morgan fingerprint density at radius 3 is 2.59 bits per heavy atom. The van der Waals surface area contributed by atoms with Crippen LogP contribution in [0.4, 0.5) is 5.69 Å². The molecule has 0 aromatic heterocycles. The van der Waals surface area contributed by atoms with Crippen molar-refractivity contribution in [2.75, 3.05) is 18.4 Å². The Morgan fingerprint density at radius 2 is 1.90 bits per heavy atom. The molecule has 2 aromatic carbocycles. The standard InChI is InChI=1S/C22H26N2O4S/c1-28-20-10-12-21(13-11-20)29(26,27)24-19-9-5-8-18(16-19)22(25)23-15-14-17-6-3-2-4-7-17/h5-6,8-13,16,24H,2-4,7,14-15H2,1H3,(H,23,25). The number of hydrogen-bond donors (Lipinski definition) is 2. The highest BCUT2D eigenvalue weighted by Gasteiger charge is 2.15. The number of ether oxygens (including phenoxy) is 1. The van der Waals surface area contributed by atoms with Crippen molar-refractivity contribution in [1.29, 1.82) is 0 Å². The molecule has 2 aromatic rings. The van der Waals surface area contributed by atoms with Gasteiger partial charge in [0.25, 0.3) is 15.9 Å². The van der Waals surface area contributed by atoms with Crippen LogP contribution in [0.15, 0.2) is 65.1 Å². The maximum absolute atomic E-state index is 12.6. The largest absolute Gasteiger partial charge is 0.497 e. The van der Waals surface area contributed by atoms with Gasteiger partial charge in [0.2, 0.25) is 0 Å². The van der Waals surface area contributed by atoms with Crippen LogP contribution < -0.4 is 14.8 Å². The quantitative estimate of drug-likeness (QED) is 0.637. The Hall–Kier alpha value is -2.80. The van der Waals surface area contributed by atoms with E-state index in [0.29, 0.717) is 23.5 Å². The average molecular weight is 415 g/mol. The van der Waals surface area contributed by atoms with Gasteiger partial charge >= 0.3 is 0 Å². The summed E-state index contributed by atoms with van der Waals surface area (Å²) in [5.74, 6) is 0.360. The second kappa shape index (κ2) is 9.60. The highest BCUT2D eigenvalue weighted by molar-refractivity contribution is 7.92. The zero-order chi connectivity index (χ0) is 20.7. The lowest BCUT2D eigenvalue weighted by molar-refractivity contribution is 0.0954. The molecule has 29 heavy (non-hydrogen) atoms. The summed E-state index contributed by atoms with van der Waals surface area (Å²) in [7, 11) is -2.24. The van der Waals surface area contributed by atoms with Crippen LogP contribution in [0.5, 0.6) is 5.75 Å². The third kappa shape index (κ3) is 5.84. The molecule has 0 heterocycles. The van der Waals surface area contributed by atoms with Gasteiger partial charge in [0, 0.05) is 17.8 Å². The highest BCUT2D eigenvalue weighted by atomic mass is 32.2. The molecule has 154 valence electrons. The van der Waals surface area contributed by atoms with E-state index in [1.807, 2.05) is 0 Å². The number of benzene rings is 2. The second-order valence-corrected chi connectivity index (χ2v) is 8.66. The van der Waals surface area contributed by atoms with Gasteiger partial charge < -0.3 is 10.1 Å². The zero-order valence-electron chi connectivity index (χ0n) is 16.5. The molecule has 1 amide bonds. The minimum Gasteiger partial charge on any atom is -0.497 e. The first-order chi connectivity index (χ1) is 14.0. The molecule has 3 rings (SSSR count). The van der Waals surface area contributed by atoms with E-state index >= 15 is 0 Å². The third-order valence-electron chi connectivity index (χ3n) is 4.86. The van der Waals surface area contributed by atoms with Gasteiger partial charge in [-0.1, -0.05) is 17.7 Å². The van der Waals surface area contributed by atoms with Gasteiger partial charge in [0.1, 0.15) is 5.75 Å². The fourth-order valence-electron chi connectivity index (χ4n) is 3.26. The fraction of sp³-hybridized carbons (Fsp3) is 0.318. The average Bonchev–Trinajstić information content (AvgIpc) is 2.74. The number of nitrogens with one attached hydrogen (secondary N) is 2. The van der Waals surface area contributed by atoms with Crippen LogP contribution in [0.1, 0.15) is 42.5 Å². The first kappa shape index (κ1) is 20.9. The van der Waals surface area contributed by atoms with Crippen LogP contribution in [0.25, 0.3) is 0 Å². The lowest BCUT2D eigenvalue weighted by Crippen LogP contribution is -2.25. The van der Waals surface area contributed by atoms with Crippen molar-refractivity contribution in [1.82, 2.24) is 5.32 Å². The van der Waals surface area contributed by atoms with Crippen molar-refractivity contribution in [3.8, 4) is 5.75 Å². The van der Waals surface area contributed by atoms with Crippen molar-refractivity contribution < 1.29 is 17.9 Å². The molecule has 1 aliphatic carbocycles. The molecular formula is C22H26N2O4S. The summed E-state index contributed by atoms with van der Waals surface area (Å²) in [4.78, 5) is 12.5. The maximum atomic E-state index is 12.6. The molecule has 0 unspecified atom stereocenters. The highest BCUT2D eigenvalue weighted by Crippen LogP contribution is 2.21. The smallest absolute Gasteiger partial charge is 0.261 e. The molecule has 0 fully saturated rings. The SMILES string of the molecule is COc1ccc(S(=O)(=O)Nc2cccc(C(=O)NCCC3=CCCCC3)c2)cc1. The number of sulfonamides is 1. The normalized spacial score (nSPS) is 14.0. The van der Waals surface area contributed by atoms with E-state index in [9.17, 15) is 13.2 Å². The first-order valence-corrected chi connectivity index (χ1v) is 11.2. The number of allylic oxidation sites excluding steroid dienone is 1. The summed E-state index contributed by atoms with van der Waals surface area (Å²) in [5, 5.41) is 2.91. The van der Waals surface area contributed by atoms with E-state index in [1.54, 1.807) is 30.3 Å². The van der Waals surface area contributed by atoms with Crippen molar-refractivity contribution in [2.24, 2.45) is 0 Å². The second-order valence-electron chi connectivity index (χ2n) is 6.98. The predicted octanol–water partition coefficient (Wildman–Crippen LogP) is 4.12. The molecule has 1 aliphatic rings. The number of amides is 1. The molecule has 7 heteroatoms. The number of rotatable bonds is 8. The summed E-state index contributed by atoms with van der Waals surface area (Å²) >= 11 is 0.